The molecule has 1 aromatic rings. The second-order valence-corrected chi connectivity index (χ2v) is 4.44. The molecule has 0 aliphatic heterocycles. The summed E-state index contributed by atoms with van der Waals surface area (Å²) >= 11 is 0. The molecule has 3 heteroatoms. The van der Waals surface area contributed by atoms with E-state index < -0.39 is 6.04 Å². The fraction of sp³-hybridized carbons (Fsp3) is 0.462. The van der Waals surface area contributed by atoms with Gasteiger partial charge in [-0.1, -0.05) is 24.3 Å². The number of aryl methyl sites for hydroxylation is 1. The van der Waals surface area contributed by atoms with Gasteiger partial charge in [0.1, 0.15) is 0 Å². The van der Waals surface area contributed by atoms with Crippen molar-refractivity contribution < 1.29 is 4.79 Å². The third-order valence-electron chi connectivity index (χ3n) is 3.10. The summed E-state index contributed by atoms with van der Waals surface area (Å²) < 4.78 is 0. The summed E-state index contributed by atoms with van der Waals surface area (Å²) in [7, 11) is 0. The van der Waals surface area contributed by atoms with E-state index in [1.165, 1.54) is 11.1 Å². The van der Waals surface area contributed by atoms with Crippen molar-refractivity contribution in [2.24, 2.45) is 5.73 Å². The third-order valence-corrected chi connectivity index (χ3v) is 3.10. The van der Waals surface area contributed by atoms with Gasteiger partial charge in [-0.3, -0.25) is 4.79 Å². The topological polar surface area (TPSA) is 55.1 Å². The molecule has 0 aromatic heterocycles. The quantitative estimate of drug-likeness (QED) is 0.791. The highest BCUT2D eigenvalue weighted by atomic mass is 16.2. The molecule has 0 bridgehead atoms. The van der Waals surface area contributed by atoms with Crippen molar-refractivity contribution in [1.29, 1.82) is 0 Å². The lowest BCUT2D eigenvalue weighted by Gasteiger charge is -2.26. The minimum absolute atomic E-state index is 0.0679. The summed E-state index contributed by atoms with van der Waals surface area (Å²) in [5.41, 5.74) is 8.16. The summed E-state index contributed by atoms with van der Waals surface area (Å²) in [5, 5.41) is 3.01. The fourth-order valence-corrected chi connectivity index (χ4v) is 2.21. The molecule has 0 fully saturated rings. The van der Waals surface area contributed by atoms with Crippen LogP contribution in [0.5, 0.6) is 0 Å². The summed E-state index contributed by atoms with van der Waals surface area (Å²) in [6.07, 6.45) is 3.25. The smallest absolute Gasteiger partial charge is 0.237 e. The highest BCUT2D eigenvalue weighted by molar-refractivity contribution is 5.81. The number of nitrogens with one attached hydrogen (secondary N) is 1. The number of nitrogens with two attached hydrogens (primary N) is 1. The molecule has 16 heavy (non-hydrogen) atoms. The van der Waals surface area contributed by atoms with Crippen LogP contribution in [-0.4, -0.2) is 11.9 Å². The van der Waals surface area contributed by atoms with Crippen molar-refractivity contribution in [1.82, 2.24) is 5.32 Å². The van der Waals surface area contributed by atoms with Gasteiger partial charge < -0.3 is 11.1 Å². The van der Waals surface area contributed by atoms with Gasteiger partial charge in [-0.25, -0.2) is 0 Å². The predicted molar refractivity (Wildman–Crippen MR) is 63.9 cm³/mol. The molecule has 1 aliphatic carbocycles. The van der Waals surface area contributed by atoms with E-state index in [1.807, 2.05) is 6.07 Å². The maximum Gasteiger partial charge on any atom is 0.237 e. The summed E-state index contributed by atoms with van der Waals surface area (Å²) in [6.45, 7) is 1.71. The van der Waals surface area contributed by atoms with E-state index in [2.05, 4.69) is 23.5 Å². The molecule has 1 aliphatic rings. The van der Waals surface area contributed by atoms with Crippen LogP contribution in [0.3, 0.4) is 0 Å². The summed E-state index contributed by atoms with van der Waals surface area (Å²) in [5.74, 6) is -0.0679. The molecule has 0 saturated heterocycles. The Morgan fingerprint density at radius 1 is 1.50 bits per heavy atom. The first-order valence-electron chi connectivity index (χ1n) is 5.82. The minimum Gasteiger partial charge on any atom is -0.348 e. The molecule has 3 N–H and O–H groups in total. The lowest BCUT2D eigenvalue weighted by molar-refractivity contribution is -0.122. The predicted octanol–water partition coefficient (Wildman–Crippen LogP) is 1.53. The first-order valence-corrected chi connectivity index (χ1v) is 5.82. The lowest BCUT2D eigenvalue weighted by atomic mass is 9.87. The second kappa shape index (κ2) is 4.66. The molecule has 2 atom stereocenters. The second-order valence-electron chi connectivity index (χ2n) is 4.44. The molecule has 0 spiro atoms. The number of rotatable bonds is 2. The molecule has 0 heterocycles. The number of amides is 1. The molecular weight excluding hydrogens is 200 g/mol. The Labute approximate surface area is 96.0 Å². The van der Waals surface area contributed by atoms with Crippen LogP contribution in [0.2, 0.25) is 0 Å². The zero-order valence-electron chi connectivity index (χ0n) is 9.57. The van der Waals surface area contributed by atoms with Gasteiger partial charge in [0, 0.05) is 0 Å². The van der Waals surface area contributed by atoms with Crippen LogP contribution in [0.25, 0.3) is 0 Å². The standard InChI is InChI=1S/C13H18N2O/c1-9(14)13(16)15-12-8-4-6-10-5-2-3-7-11(10)12/h2-3,5,7,9,12H,4,6,8,14H2,1H3,(H,15,16)/t9-,12?/m0/s1. The molecule has 1 amide bonds. The van der Waals surface area contributed by atoms with Gasteiger partial charge >= 0.3 is 0 Å². The van der Waals surface area contributed by atoms with Crippen molar-refractivity contribution >= 4 is 5.91 Å². The lowest BCUT2D eigenvalue weighted by Crippen LogP contribution is -2.41. The van der Waals surface area contributed by atoms with Crippen LogP contribution >= 0.6 is 0 Å². The van der Waals surface area contributed by atoms with E-state index in [-0.39, 0.29) is 11.9 Å². The first kappa shape index (κ1) is 11.1. The minimum atomic E-state index is -0.436. The maximum absolute atomic E-state index is 11.6. The van der Waals surface area contributed by atoms with Gasteiger partial charge in [-0.15, -0.1) is 0 Å². The molecular formula is C13H18N2O. The number of carbonyl (C=O) groups is 1. The van der Waals surface area contributed by atoms with Gasteiger partial charge in [-0.2, -0.15) is 0 Å². The van der Waals surface area contributed by atoms with Crippen molar-refractivity contribution in [3.8, 4) is 0 Å². The normalized spacial score (nSPS) is 21.0. The van der Waals surface area contributed by atoms with Crippen molar-refractivity contribution in [2.45, 2.75) is 38.3 Å². The number of hydrogen-bond acceptors (Lipinski definition) is 2. The highest BCUT2D eigenvalue weighted by Crippen LogP contribution is 2.29. The molecule has 86 valence electrons. The number of benzene rings is 1. The summed E-state index contributed by atoms with van der Waals surface area (Å²) in [6, 6.07) is 8.02. The molecule has 1 aromatic carbocycles. The van der Waals surface area contributed by atoms with Crippen molar-refractivity contribution in [3.05, 3.63) is 35.4 Å². The van der Waals surface area contributed by atoms with E-state index in [4.69, 9.17) is 5.73 Å². The van der Waals surface area contributed by atoms with Crippen LogP contribution in [0.4, 0.5) is 0 Å². The Morgan fingerprint density at radius 3 is 3.00 bits per heavy atom. The Balaban J connectivity index is 2.16. The van der Waals surface area contributed by atoms with E-state index in [0.29, 0.717) is 0 Å². The molecule has 1 unspecified atom stereocenters. The molecule has 0 radical (unpaired) electrons. The Hall–Kier alpha value is -1.35. The van der Waals surface area contributed by atoms with Crippen LogP contribution in [0.15, 0.2) is 24.3 Å². The van der Waals surface area contributed by atoms with E-state index in [0.717, 1.165) is 19.3 Å². The maximum atomic E-state index is 11.6. The van der Waals surface area contributed by atoms with Gasteiger partial charge in [0.05, 0.1) is 12.1 Å². The monoisotopic (exact) mass is 218 g/mol. The van der Waals surface area contributed by atoms with Crippen molar-refractivity contribution in [3.63, 3.8) is 0 Å². The summed E-state index contributed by atoms with van der Waals surface area (Å²) in [4.78, 5) is 11.6. The average molecular weight is 218 g/mol. The van der Waals surface area contributed by atoms with E-state index in [1.54, 1.807) is 6.92 Å². The van der Waals surface area contributed by atoms with Gasteiger partial charge in [0.25, 0.3) is 0 Å². The zero-order valence-corrected chi connectivity index (χ0v) is 9.57. The van der Waals surface area contributed by atoms with Crippen molar-refractivity contribution in [2.75, 3.05) is 0 Å². The van der Waals surface area contributed by atoms with Crippen LogP contribution in [0.1, 0.15) is 36.9 Å². The Morgan fingerprint density at radius 2 is 2.25 bits per heavy atom. The first-order chi connectivity index (χ1) is 7.68. The van der Waals surface area contributed by atoms with E-state index >= 15 is 0 Å². The average Bonchev–Trinajstić information content (AvgIpc) is 2.29. The Bertz CT molecular complexity index is 387. The number of carbonyl (C=O) groups excluding carboxylic acids is 1. The molecule has 0 saturated carbocycles. The van der Waals surface area contributed by atoms with Crippen LogP contribution < -0.4 is 11.1 Å². The van der Waals surface area contributed by atoms with Gasteiger partial charge in [-0.05, 0) is 37.3 Å². The van der Waals surface area contributed by atoms with E-state index in [9.17, 15) is 4.79 Å². The third kappa shape index (κ3) is 2.25. The number of hydrogen-bond donors (Lipinski definition) is 2. The zero-order chi connectivity index (χ0) is 11.5. The highest BCUT2D eigenvalue weighted by Gasteiger charge is 2.22. The number of fused-ring (bicyclic) bond motifs is 1. The van der Waals surface area contributed by atoms with Crippen LogP contribution in [0, 0.1) is 0 Å². The van der Waals surface area contributed by atoms with Gasteiger partial charge in [0.2, 0.25) is 5.91 Å². The van der Waals surface area contributed by atoms with Crippen LogP contribution in [-0.2, 0) is 11.2 Å². The molecule has 3 nitrogen and oxygen atoms in total. The molecule has 2 rings (SSSR count). The van der Waals surface area contributed by atoms with Gasteiger partial charge in [0.15, 0.2) is 0 Å². The largest absolute Gasteiger partial charge is 0.348 e. The fourth-order valence-electron chi connectivity index (χ4n) is 2.21. The SMILES string of the molecule is C[C@H](N)C(=O)NC1CCCc2ccccc21. The Kier molecular flexibility index (Phi) is 3.25.